The second-order valence-electron chi connectivity index (χ2n) is 5.07. The Kier molecular flexibility index (Phi) is 2.86. The number of anilines is 2. The lowest BCUT2D eigenvalue weighted by molar-refractivity contribution is 0.245. The molecule has 0 atom stereocenters. The Bertz CT molecular complexity index is 468. The van der Waals surface area contributed by atoms with Crippen molar-refractivity contribution in [2.75, 3.05) is 23.8 Å². The Hall–Kier alpha value is -1.71. The molecule has 3 rings (SSSR count). The minimum Gasteiger partial charge on any atom is -0.388 e. The second-order valence-corrected chi connectivity index (χ2v) is 5.07. The van der Waals surface area contributed by atoms with Crippen molar-refractivity contribution in [2.45, 2.75) is 31.7 Å². The number of nitrogens with zero attached hydrogens (tertiary/aromatic N) is 1. The third-order valence-electron chi connectivity index (χ3n) is 3.64. The lowest BCUT2D eigenvalue weighted by atomic mass is 10.0. The topological polar surface area (TPSA) is 44.4 Å². The molecule has 0 bridgehead atoms. The zero-order chi connectivity index (χ0) is 12.5. The fraction of sp³-hybridized carbons (Fsp3) is 0.500. The highest BCUT2D eigenvalue weighted by Crippen LogP contribution is 2.30. The summed E-state index contributed by atoms with van der Waals surface area (Å²) in [6, 6.07) is 6.70. The van der Waals surface area contributed by atoms with E-state index in [9.17, 15) is 4.79 Å². The van der Waals surface area contributed by atoms with Crippen molar-refractivity contribution in [3.05, 3.63) is 23.8 Å². The van der Waals surface area contributed by atoms with Gasteiger partial charge < -0.3 is 10.6 Å². The Labute approximate surface area is 107 Å². The summed E-state index contributed by atoms with van der Waals surface area (Å²) in [5, 5.41) is 6.21. The number of fused-ring (bicyclic) bond motifs is 1. The van der Waals surface area contributed by atoms with Gasteiger partial charge in [-0.2, -0.15) is 0 Å². The molecule has 18 heavy (non-hydrogen) atoms. The molecule has 1 aromatic rings. The Morgan fingerprint density at radius 3 is 2.94 bits per heavy atom. The lowest BCUT2D eigenvalue weighted by Gasteiger charge is -2.30. The van der Waals surface area contributed by atoms with Crippen LogP contribution in [0.3, 0.4) is 0 Å². The Balaban J connectivity index is 1.83. The molecule has 4 nitrogen and oxygen atoms in total. The minimum atomic E-state index is 0.0654. The number of nitrogens with one attached hydrogen (secondary N) is 2. The van der Waals surface area contributed by atoms with Crippen LogP contribution in [-0.4, -0.2) is 25.7 Å². The van der Waals surface area contributed by atoms with E-state index in [4.69, 9.17) is 0 Å². The molecule has 0 aromatic heterocycles. The van der Waals surface area contributed by atoms with E-state index in [2.05, 4.69) is 16.7 Å². The molecule has 1 fully saturated rings. The van der Waals surface area contributed by atoms with Gasteiger partial charge in [0.05, 0.1) is 0 Å². The van der Waals surface area contributed by atoms with Crippen molar-refractivity contribution < 1.29 is 4.79 Å². The molecule has 2 N–H and O–H groups in total. The molecule has 0 saturated heterocycles. The van der Waals surface area contributed by atoms with E-state index in [1.54, 1.807) is 0 Å². The Morgan fingerprint density at radius 1 is 1.39 bits per heavy atom. The van der Waals surface area contributed by atoms with Crippen LogP contribution in [0, 0.1) is 0 Å². The molecule has 96 valence electrons. The van der Waals surface area contributed by atoms with Gasteiger partial charge in [0.15, 0.2) is 0 Å². The van der Waals surface area contributed by atoms with Crippen molar-refractivity contribution in [3.8, 4) is 0 Å². The van der Waals surface area contributed by atoms with Gasteiger partial charge >= 0.3 is 6.03 Å². The first-order valence-electron chi connectivity index (χ1n) is 6.66. The number of urea groups is 1. The smallest absolute Gasteiger partial charge is 0.322 e. The number of benzene rings is 1. The molecule has 1 saturated carbocycles. The quantitative estimate of drug-likeness (QED) is 0.840. The van der Waals surface area contributed by atoms with E-state index < -0.39 is 0 Å². The molecule has 1 aromatic carbocycles. The molecule has 2 aliphatic rings. The maximum Gasteiger partial charge on any atom is 0.322 e. The van der Waals surface area contributed by atoms with E-state index in [1.807, 2.05) is 24.1 Å². The molecule has 4 heteroatoms. The molecule has 0 spiro atoms. The van der Waals surface area contributed by atoms with Gasteiger partial charge in [-0.1, -0.05) is 0 Å². The SMILES string of the molecule is CNc1ccc2c(c1)CCCN2C(=O)NC1CC1. The molecule has 1 heterocycles. The van der Waals surface area contributed by atoms with Gasteiger partial charge in [0.1, 0.15) is 0 Å². The molecule has 0 radical (unpaired) electrons. The summed E-state index contributed by atoms with van der Waals surface area (Å²) < 4.78 is 0. The van der Waals surface area contributed by atoms with Crippen LogP contribution in [0.1, 0.15) is 24.8 Å². The van der Waals surface area contributed by atoms with Gasteiger partial charge in [0.2, 0.25) is 0 Å². The third kappa shape index (κ3) is 2.15. The fourth-order valence-corrected chi connectivity index (χ4v) is 2.44. The normalized spacial score (nSPS) is 18.2. The van der Waals surface area contributed by atoms with Crippen LogP contribution in [0.2, 0.25) is 0 Å². The first-order valence-corrected chi connectivity index (χ1v) is 6.66. The van der Waals surface area contributed by atoms with Crippen molar-refractivity contribution in [2.24, 2.45) is 0 Å². The van der Waals surface area contributed by atoms with Gasteiger partial charge in [0, 0.05) is 31.0 Å². The van der Waals surface area contributed by atoms with Gasteiger partial charge in [0.25, 0.3) is 0 Å². The number of amides is 2. The molecular formula is C14H19N3O. The van der Waals surface area contributed by atoms with Crippen LogP contribution in [0.25, 0.3) is 0 Å². The van der Waals surface area contributed by atoms with E-state index in [-0.39, 0.29) is 6.03 Å². The molecule has 1 aliphatic carbocycles. The summed E-state index contributed by atoms with van der Waals surface area (Å²) >= 11 is 0. The first kappa shape index (κ1) is 11.4. The van der Waals surface area contributed by atoms with E-state index in [0.717, 1.165) is 43.6 Å². The Morgan fingerprint density at radius 2 is 2.22 bits per heavy atom. The summed E-state index contributed by atoms with van der Waals surface area (Å²) in [6.45, 7) is 0.824. The zero-order valence-electron chi connectivity index (χ0n) is 10.7. The third-order valence-corrected chi connectivity index (χ3v) is 3.64. The molecule has 0 unspecified atom stereocenters. The van der Waals surface area contributed by atoms with Crippen LogP contribution < -0.4 is 15.5 Å². The number of aryl methyl sites for hydroxylation is 1. The number of hydrogen-bond donors (Lipinski definition) is 2. The van der Waals surface area contributed by atoms with Gasteiger partial charge in [-0.25, -0.2) is 4.79 Å². The van der Waals surface area contributed by atoms with Crippen LogP contribution in [-0.2, 0) is 6.42 Å². The van der Waals surface area contributed by atoms with Crippen molar-refractivity contribution in [1.82, 2.24) is 5.32 Å². The molecular weight excluding hydrogens is 226 g/mol. The standard InChI is InChI=1S/C14H19N3O/c1-15-12-6-7-13-10(9-12)3-2-8-17(13)14(18)16-11-4-5-11/h6-7,9,11,15H,2-5,8H2,1H3,(H,16,18). The van der Waals surface area contributed by atoms with E-state index in [1.165, 1.54) is 5.56 Å². The fourth-order valence-electron chi connectivity index (χ4n) is 2.44. The summed E-state index contributed by atoms with van der Waals surface area (Å²) in [5.74, 6) is 0. The van der Waals surface area contributed by atoms with Crippen molar-refractivity contribution >= 4 is 17.4 Å². The van der Waals surface area contributed by atoms with Crippen LogP contribution in [0.5, 0.6) is 0 Å². The lowest BCUT2D eigenvalue weighted by Crippen LogP contribution is -2.43. The molecule has 2 amide bonds. The highest BCUT2D eigenvalue weighted by atomic mass is 16.2. The summed E-state index contributed by atoms with van der Waals surface area (Å²) in [4.78, 5) is 14.1. The van der Waals surface area contributed by atoms with Crippen LogP contribution in [0.4, 0.5) is 16.2 Å². The van der Waals surface area contributed by atoms with E-state index in [0.29, 0.717) is 6.04 Å². The maximum atomic E-state index is 12.2. The van der Waals surface area contributed by atoms with Crippen molar-refractivity contribution in [3.63, 3.8) is 0 Å². The number of hydrogen-bond acceptors (Lipinski definition) is 2. The van der Waals surface area contributed by atoms with E-state index >= 15 is 0 Å². The van der Waals surface area contributed by atoms with Gasteiger partial charge in [-0.05, 0) is 49.4 Å². The summed E-state index contributed by atoms with van der Waals surface area (Å²) in [6.07, 6.45) is 4.35. The second kappa shape index (κ2) is 4.52. The summed E-state index contributed by atoms with van der Waals surface area (Å²) in [7, 11) is 1.92. The number of carbonyl (C=O) groups is 1. The highest BCUT2D eigenvalue weighted by molar-refractivity contribution is 5.94. The highest BCUT2D eigenvalue weighted by Gasteiger charge is 2.28. The predicted molar refractivity (Wildman–Crippen MR) is 73.2 cm³/mol. The van der Waals surface area contributed by atoms with Gasteiger partial charge in [-0.15, -0.1) is 0 Å². The number of rotatable bonds is 2. The predicted octanol–water partition coefficient (Wildman–Crippen LogP) is 2.35. The first-order chi connectivity index (χ1) is 8.78. The van der Waals surface area contributed by atoms with Crippen LogP contribution >= 0.6 is 0 Å². The average Bonchev–Trinajstić information content (AvgIpc) is 3.21. The summed E-state index contributed by atoms with van der Waals surface area (Å²) in [5.41, 5.74) is 3.44. The number of carbonyl (C=O) groups excluding carboxylic acids is 1. The monoisotopic (exact) mass is 245 g/mol. The minimum absolute atomic E-state index is 0.0654. The van der Waals surface area contributed by atoms with Crippen LogP contribution in [0.15, 0.2) is 18.2 Å². The van der Waals surface area contributed by atoms with Gasteiger partial charge in [-0.3, -0.25) is 4.90 Å². The molecule has 1 aliphatic heterocycles. The average molecular weight is 245 g/mol. The largest absolute Gasteiger partial charge is 0.388 e. The van der Waals surface area contributed by atoms with Crippen molar-refractivity contribution in [1.29, 1.82) is 0 Å². The zero-order valence-corrected chi connectivity index (χ0v) is 10.7. The maximum absolute atomic E-state index is 12.2.